The molecule has 0 aliphatic rings. The van der Waals surface area contributed by atoms with Crippen molar-refractivity contribution < 1.29 is 4.48 Å². The van der Waals surface area contributed by atoms with E-state index >= 15 is 0 Å². The van der Waals surface area contributed by atoms with Crippen LogP contribution >= 0.6 is 0 Å². The molecule has 0 bridgehead atoms. The summed E-state index contributed by atoms with van der Waals surface area (Å²) in [5.41, 5.74) is 0.947. The van der Waals surface area contributed by atoms with Crippen LogP contribution in [0.5, 0.6) is 0 Å². The lowest BCUT2D eigenvalue weighted by atomic mass is 10.4. The van der Waals surface area contributed by atoms with E-state index < -0.39 is 0 Å². The summed E-state index contributed by atoms with van der Waals surface area (Å²) < 4.78 is 11.8. The van der Waals surface area contributed by atoms with E-state index in [4.69, 9.17) is 0 Å². The third-order valence-electron chi connectivity index (χ3n) is 0.807. The standard InChI is InChI=1S/C5H6FN/c1-5-2-3-7(6)4-5/h2-4H,1H3. The number of halogens is 1. The Balaban J connectivity index is 3.04. The number of rotatable bonds is 0. The number of hydrogen-bond acceptors (Lipinski definition) is 0. The summed E-state index contributed by atoms with van der Waals surface area (Å²) in [5.74, 6) is 0. The van der Waals surface area contributed by atoms with Gasteiger partial charge in [0.1, 0.15) is 0 Å². The first-order chi connectivity index (χ1) is 3.29. The monoisotopic (exact) mass is 99.0 g/mol. The SMILES string of the molecule is Cc1ccn(F)c1. The highest BCUT2D eigenvalue weighted by Crippen LogP contribution is 1.95. The molecule has 0 spiro atoms. The molecule has 0 fully saturated rings. The Morgan fingerprint density at radius 3 is 2.57 bits per heavy atom. The summed E-state index contributed by atoms with van der Waals surface area (Å²) in [7, 11) is 0. The molecule has 0 aliphatic carbocycles. The van der Waals surface area contributed by atoms with Gasteiger partial charge >= 0.3 is 0 Å². The predicted molar refractivity (Wildman–Crippen MR) is 25.7 cm³/mol. The molecule has 0 radical (unpaired) electrons. The van der Waals surface area contributed by atoms with Gasteiger partial charge in [0.15, 0.2) is 0 Å². The number of hydrogen-bond donors (Lipinski definition) is 0. The zero-order valence-corrected chi connectivity index (χ0v) is 4.06. The number of nitrogens with zero attached hydrogens (tertiary/aromatic N) is 1. The summed E-state index contributed by atoms with van der Waals surface area (Å²) in [6.07, 6.45) is 2.79. The summed E-state index contributed by atoms with van der Waals surface area (Å²) in [6.45, 7) is 1.84. The molecule has 0 aliphatic heterocycles. The largest absolute Gasteiger partial charge is 0.194 e. The summed E-state index contributed by atoms with van der Waals surface area (Å²) in [4.78, 5) is 0.537. The Labute approximate surface area is 41.3 Å². The van der Waals surface area contributed by atoms with Crippen LogP contribution in [-0.4, -0.2) is 4.79 Å². The van der Waals surface area contributed by atoms with Gasteiger partial charge in [-0.3, -0.25) is 0 Å². The van der Waals surface area contributed by atoms with Gasteiger partial charge < -0.3 is 0 Å². The molecule has 0 N–H and O–H groups in total. The zero-order valence-electron chi connectivity index (χ0n) is 4.06. The van der Waals surface area contributed by atoms with Crippen LogP contribution < -0.4 is 0 Å². The summed E-state index contributed by atoms with van der Waals surface area (Å²) >= 11 is 0. The lowest BCUT2D eigenvalue weighted by Crippen LogP contribution is -1.68. The van der Waals surface area contributed by atoms with Crippen LogP contribution in [0.4, 0.5) is 4.48 Å². The van der Waals surface area contributed by atoms with Crippen molar-refractivity contribution >= 4 is 0 Å². The van der Waals surface area contributed by atoms with Crippen LogP contribution in [0.25, 0.3) is 0 Å². The maximum absolute atomic E-state index is 11.8. The molecule has 1 rings (SSSR count). The second-order valence-electron chi connectivity index (χ2n) is 1.53. The molecule has 7 heavy (non-hydrogen) atoms. The molecule has 1 nitrogen and oxygen atoms in total. The van der Waals surface area contributed by atoms with Crippen molar-refractivity contribution in [3.05, 3.63) is 24.0 Å². The van der Waals surface area contributed by atoms with E-state index in [1.54, 1.807) is 6.07 Å². The van der Waals surface area contributed by atoms with E-state index in [1.807, 2.05) is 6.92 Å². The molecule has 0 saturated heterocycles. The molecule has 0 unspecified atom stereocenters. The average Bonchev–Trinajstić information content (AvgIpc) is 1.87. The molecule has 2 heteroatoms. The average molecular weight is 99.1 g/mol. The highest BCUT2D eigenvalue weighted by Gasteiger charge is 1.83. The quantitative estimate of drug-likeness (QED) is 0.464. The first-order valence-electron chi connectivity index (χ1n) is 2.10. The van der Waals surface area contributed by atoms with Crippen molar-refractivity contribution in [1.82, 2.24) is 4.79 Å². The third kappa shape index (κ3) is 0.796. The Morgan fingerprint density at radius 2 is 2.43 bits per heavy atom. The maximum Gasteiger partial charge on any atom is 0.0408 e. The molecule has 1 aromatic heterocycles. The lowest BCUT2D eigenvalue weighted by molar-refractivity contribution is 0.371. The second kappa shape index (κ2) is 1.37. The molecular weight excluding hydrogens is 93.1 g/mol. The van der Waals surface area contributed by atoms with Gasteiger partial charge in [-0.25, -0.2) is 0 Å². The van der Waals surface area contributed by atoms with E-state index in [9.17, 15) is 4.48 Å². The van der Waals surface area contributed by atoms with Gasteiger partial charge in [-0.1, -0.05) is 4.48 Å². The number of aromatic nitrogens is 1. The summed E-state index contributed by atoms with van der Waals surface area (Å²) in [5, 5.41) is 0. The van der Waals surface area contributed by atoms with Crippen molar-refractivity contribution in [2.45, 2.75) is 6.92 Å². The minimum Gasteiger partial charge on any atom is -0.194 e. The molecule has 38 valence electrons. The van der Waals surface area contributed by atoms with Gasteiger partial charge in [0.25, 0.3) is 0 Å². The maximum atomic E-state index is 11.8. The van der Waals surface area contributed by atoms with Gasteiger partial charge in [-0.15, -0.1) is 0 Å². The fourth-order valence-electron chi connectivity index (χ4n) is 0.469. The fourth-order valence-corrected chi connectivity index (χ4v) is 0.469. The number of aryl methyl sites for hydroxylation is 1. The smallest absolute Gasteiger partial charge is 0.0408 e. The van der Waals surface area contributed by atoms with Crippen molar-refractivity contribution in [2.75, 3.05) is 0 Å². The van der Waals surface area contributed by atoms with Crippen molar-refractivity contribution in [3.8, 4) is 0 Å². The van der Waals surface area contributed by atoms with E-state index in [2.05, 4.69) is 0 Å². The van der Waals surface area contributed by atoms with Crippen LogP contribution in [-0.2, 0) is 0 Å². The van der Waals surface area contributed by atoms with Crippen LogP contribution in [0, 0.1) is 6.92 Å². The van der Waals surface area contributed by atoms with Crippen molar-refractivity contribution in [1.29, 1.82) is 0 Å². The Bertz CT molecular complexity index is 140. The Morgan fingerprint density at radius 1 is 1.71 bits per heavy atom. The van der Waals surface area contributed by atoms with Gasteiger partial charge in [-0.2, -0.15) is 4.79 Å². The molecule has 0 aromatic carbocycles. The van der Waals surface area contributed by atoms with Gasteiger partial charge in [0.05, 0.1) is 0 Å². The van der Waals surface area contributed by atoms with Crippen LogP contribution in [0.3, 0.4) is 0 Å². The Hall–Kier alpha value is -0.790. The second-order valence-corrected chi connectivity index (χ2v) is 1.53. The van der Waals surface area contributed by atoms with E-state index in [0.717, 1.165) is 5.56 Å². The summed E-state index contributed by atoms with van der Waals surface area (Å²) in [6, 6.07) is 1.71. The van der Waals surface area contributed by atoms with Crippen molar-refractivity contribution in [2.24, 2.45) is 0 Å². The molecular formula is C5H6FN. The molecule has 1 aromatic rings. The molecule has 1 heterocycles. The molecule has 0 atom stereocenters. The van der Waals surface area contributed by atoms with E-state index in [0.29, 0.717) is 4.79 Å². The van der Waals surface area contributed by atoms with Crippen LogP contribution in [0.2, 0.25) is 0 Å². The van der Waals surface area contributed by atoms with Gasteiger partial charge in [-0.05, 0) is 18.6 Å². The third-order valence-corrected chi connectivity index (χ3v) is 0.807. The van der Waals surface area contributed by atoms with Crippen LogP contribution in [0.15, 0.2) is 18.5 Å². The van der Waals surface area contributed by atoms with Crippen molar-refractivity contribution in [3.63, 3.8) is 0 Å². The topological polar surface area (TPSA) is 4.93 Å². The van der Waals surface area contributed by atoms with Crippen LogP contribution in [0.1, 0.15) is 5.56 Å². The fraction of sp³-hybridized carbons (Fsp3) is 0.200. The Kier molecular flexibility index (Phi) is 0.855. The first kappa shape index (κ1) is 4.37. The van der Waals surface area contributed by atoms with Gasteiger partial charge in [0.2, 0.25) is 0 Å². The van der Waals surface area contributed by atoms with E-state index in [1.165, 1.54) is 12.4 Å². The minimum atomic E-state index is 0.537. The highest BCUT2D eigenvalue weighted by atomic mass is 19.2. The van der Waals surface area contributed by atoms with E-state index in [-0.39, 0.29) is 0 Å². The molecule has 0 saturated carbocycles. The normalized spacial score (nSPS) is 9.43. The first-order valence-corrected chi connectivity index (χ1v) is 2.10. The predicted octanol–water partition coefficient (Wildman–Crippen LogP) is 1.53. The highest BCUT2D eigenvalue weighted by molar-refractivity contribution is 5.05. The van der Waals surface area contributed by atoms with Gasteiger partial charge in [0, 0.05) is 12.4 Å². The zero-order chi connectivity index (χ0) is 5.28. The minimum absolute atomic E-state index is 0.537. The lowest BCUT2D eigenvalue weighted by Gasteiger charge is -1.74. The molecule has 0 amide bonds.